The number of carbonyl (C=O) groups excluding carboxylic acids is 5. The van der Waals surface area contributed by atoms with Crippen molar-refractivity contribution in [3.63, 3.8) is 0 Å². The molecule has 5 unspecified atom stereocenters. The molecule has 0 radical (unpaired) electrons. The average Bonchev–Trinajstić information content (AvgIpc) is 2.73. The van der Waals surface area contributed by atoms with Gasteiger partial charge in [0.05, 0.1) is 12.5 Å². The van der Waals surface area contributed by atoms with Crippen molar-refractivity contribution in [1.29, 1.82) is 0 Å². The fraction of sp³-hybridized carbons (Fsp3) is 0.684. The van der Waals surface area contributed by atoms with Crippen LogP contribution in [0.15, 0.2) is 0 Å². The van der Waals surface area contributed by atoms with E-state index in [0.717, 1.165) is 0 Å². The molecule has 15 heteroatoms. The van der Waals surface area contributed by atoms with Crippen LogP contribution in [0.3, 0.4) is 0 Å². The molecule has 0 heterocycles. The number of aliphatic carboxylic acids is 1. The normalized spacial score (nSPS) is 15.2. The van der Waals surface area contributed by atoms with Gasteiger partial charge in [0.2, 0.25) is 29.5 Å². The van der Waals surface area contributed by atoms with E-state index in [-0.39, 0.29) is 19.3 Å². The number of nitrogens with one attached hydrogen (secondary N) is 3. The van der Waals surface area contributed by atoms with Crippen LogP contribution < -0.4 is 38.9 Å². The third kappa shape index (κ3) is 12.1. The zero-order chi connectivity index (χ0) is 26.4. The van der Waals surface area contributed by atoms with Gasteiger partial charge in [-0.05, 0) is 39.2 Å². The van der Waals surface area contributed by atoms with E-state index in [1.807, 2.05) is 0 Å². The van der Waals surface area contributed by atoms with Gasteiger partial charge in [-0.3, -0.25) is 24.0 Å². The highest BCUT2D eigenvalue weighted by molar-refractivity contribution is 5.96. The summed E-state index contributed by atoms with van der Waals surface area (Å²) in [5.41, 5.74) is 21.1. The highest BCUT2D eigenvalue weighted by Crippen LogP contribution is 2.06. The van der Waals surface area contributed by atoms with Crippen LogP contribution in [0.5, 0.6) is 0 Å². The molecule has 194 valence electrons. The quantitative estimate of drug-likeness (QED) is 0.0882. The molecule has 0 rings (SSSR count). The molecule has 34 heavy (non-hydrogen) atoms. The molecule has 0 saturated carbocycles. The fourth-order valence-corrected chi connectivity index (χ4v) is 2.75. The molecule has 0 bridgehead atoms. The Morgan fingerprint density at radius 1 is 0.794 bits per heavy atom. The number of carboxylic acid groups (broad SMARTS) is 1. The number of unbranched alkanes of at least 4 members (excludes halogenated alkanes) is 1. The van der Waals surface area contributed by atoms with E-state index >= 15 is 0 Å². The molecule has 0 aromatic carbocycles. The van der Waals surface area contributed by atoms with Gasteiger partial charge in [-0.1, -0.05) is 0 Å². The summed E-state index contributed by atoms with van der Waals surface area (Å²) >= 11 is 0. The number of aliphatic hydroxyl groups excluding tert-OH is 1. The van der Waals surface area contributed by atoms with Crippen molar-refractivity contribution in [2.24, 2.45) is 22.9 Å². The molecule has 0 aliphatic carbocycles. The van der Waals surface area contributed by atoms with E-state index < -0.39 is 72.2 Å². The summed E-state index contributed by atoms with van der Waals surface area (Å²) in [6, 6.07) is -5.61. The number of nitrogens with two attached hydrogens (primary N) is 4. The van der Waals surface area contributed by atoms with Gasteiger partial charge in [-0.25, -0.2) is 4.79 Å². The SMILES string of the molecule is CC(O)C(N)C(=O)NC(CC(N)=O)C(=O)NC(CCCCN)C(=O)NC(CCC(N)=O)C(=O)O. The molecule has 0 saturated heterocycles. The number of amides is 5. The minimum atomic E-state index is -1.51. The predicted molar refractivity (Wildman–Crippen MR) is 118 cm³/mol. The summed E-state index contributed by atoms with van der Waals surface area (Å²) in [6.45, 7) is 1.55. The Labute approximate surface area is 196 Å². The zero-order valence-electron chi connectivity index (χ0n) is 19.0. The largest absolute Gasteiger partial charge is 0.480 e. The smallest absolute Gasteiger partial charge is 0.326 e. The van der Waals surface area contributed by atoms with Gasteiger partial charge in [0.25, 0.3) is 0 Å². The first-order chi connectivity index (χ1) is 15.8. The van der Waals surface area contributed by atoms with Crippen molar-refractivity contribution in [3.8, 4) is 0 Å². The van der Waals surface area contributed by atoms with E-state index in [1.165, 1.54) is 6.92 Å². The molecule has 0 aliphatic rings. The molecular weight excluding hydrogens is 454 g/mol. The second kappa shape index (κ2) is 15.5. The maximum Gasteiger partial charge on any atom is 0.326 e. The molecule has 15 nitrogen and oxygen atoms in total. The first-order valence-corrected chi connectivity index (χ1v) is 10.6. The van der Waals surface area contributed by atoms with Crippen molar-refractivity contribution in [3.05, 3.63) is 0 Å². The molecule has 13 N–H and O–H groups in total. The maximum absolute atomic E-state index is 12.8. The Hall–Kier alpha value is -3.30. The summed E-state index contributed by atoms with van der Waals surface area (Å²) in [7, 11) is 0. The van der Waals surface area contributed by atoms with E-state index in [9.17, 15) is 39.0 Å². The molecule has 0 aliphatic heterocycles. The van der Waals surface area contributed by atoms with Gasteiger partial charge in [0.15, 0.2) is 0 Å². The summed E-state index contributed by atoms with van der Waals surface area (Å²) in [5, 5.41) is 25.5. The second-order valence-electron chi connectivity index (χ2n) is 7.75. The van der Waals surface area contributed by atoms with Gasteiger partial charge in [0.1, 0.15) is 24.2 Å². The van der Waals surface area contributed by atoms with Gasteiger partial charge in [-0.2, -0.15) is 0 Å². The Morgan fingerprint density at radius 3 is 1.79 bits per heavy atom. The van der Waals surface area contributed by atoms with E-state index in [0.29, 0.717) is 19.4 Å². The summed E-state index contributed by atoms with van der Waals surface area (Å²) in [6.07, 6.45) is -1.50. The van der Waals surface area contributed by atoms with Crippen molar-refractivity contribution >= 4 is 35.5 Å². The van der Waals surface area contributed by atoms with Crippen LogP contribution in [0, 0.1) is 0 Å². The van der Waals surface area contributed by atoms with Crippen LogP contribution in [0.4, 0.5) is 0 Å². The van der Waals surface area contributed by atoms with Crippen LogP contribution in [-0.4, -0.2) is 82.5 Å². The lowest BCUT2D eigenvalue weighted by atomic mass is 10.0. The van der Waals surface area contributed by atoms with Gasteiger partial charge >= 0.3 is 5.97 Å². The zero-order valence-corrected chi connectivity index (χ0v) is 19.0. The van der Waals surface area contributed by atoms with Crippen LogP contribution in [0.2, 0.25) is 0 Å². The Bertz CT molecular complexity index is 746. The molecule has 0 aromatic rings. The third-order valence-corrected chi connectivity index (χ3v) is 4.73. The lowest BCUT2D eigenvalue weighted by molar-refractivity contribution is -0.142. The van der Waals surface area contributed by atoms with Crippen LogP contribution in [-0.2, 0) is 28.8 Å². The monoisotopic (exact) mass is 489 g/mol. The van der Waals surface area contributed by atoms with Gasteiger partial charge in [-0.15, -0.1) is 0 Å². The van der Waals surface area contributed by atoms with Gasteiger partial charge in [0, 0.05) is 6.42 Å². The summed E-state index contributed by atoms with van der Waals surface area (Å²) in [5.74, 6) is -5.86. The van der Waals surface area contributed by atoms with E-state index in [2.05, 4.69) is 16.0 Å². The third-order valence-electron chi connectivity index (χ3n) is 4.73. The Balaban J connectivity index is 5.55. The highest BCUT2D eigenvalue weighted by atomic mass is 16.4. The van der Waals surface area contributed by atoms with Crippen molar-refractivity contribution in [1.82, 2.24) is 16.0 Å². The second-order valence-corrected chi connectivity index (χ2v) is 7.75. The maximum atomic E-state index is 12.8. The van der Waals surface area contributed by atoms with Gasteiger partial charge < -0.3 is 49.1 Å². The predicted octanol–water partition coefficient (Wildman–Crippen LogP) is -4.50. The molecule has 5 amide bonds. The average molecular weight is 490 g/mol. The Morgan fingerprint density at radius 2 is 1.32 bits per heavy atom. The highest BCUT2D eigenvalue weighted by Gasteiger charge is 2.31. The number of carbonyl (C=O) groups is 6. The molecular formula is C19H35N7O8. The molecule has 0 fully saturated rings. The fourth-order valence-electron chi connectivity index (χ4n) is 2.75. The first kappa shape index (κ1) is 30.7. The Kier molecular flexibility index (Phi) is 14.0. The topological polar surface area (TPSA) is 283 Å². The van der Waals surface area contributed by atoms with E-state index in [4.69, 9.17) is 22.9 Å². The van der Waals surface area contributed by atoms with Crippen molar-refractivity contribution in [2.45, 2.75) is 75.7 Å². The molecule has 0 spiro atoms. The number of primary amides is 2. The number of aliphatic hydroxyl groups is 1. The number of hydrogen-bond donors (Lipinski definition) is 9. The van der Waals surface area contributed by atoms with Crippen LogP contribution in [0.25, 0.3) is 0 Å². The first-order valence-electron chi connectivity index (χ1n) is 10.6. The minimum Gasteiger partial charge on any atom is -0.480 e. The van der Waals surface area contributed by atoms with Crippen molar-refractivity contribution in [2.75, 3.05) is 6.54 Å². The lowest BCUT2D eigenvalue weighted by Gasteiger charge is -2.25. The summed E-state index contributed by atoms with van der Waals surface area (Å²) < 4.78 is 0. The molecule has 0 aromatic heterocycles. The molecule has 5 atom stereocenters. The number of carboxylic acids is 1. The van der Waals surface area contributed by atoms with Crippen LogP contribution >= 0.6 is 0 Å². The lowest BCUT2D eigenvalue weighted by Crippen LogP contribution is -2.58. The van der Waals surface area contributed by atoms with Crippen molar-refractivity contribution < 1.29 is 39.0 Å². The summed E-state index contributed by atoms with van der Waals surface area (Å²) in [4.78, 5) is 71.4. The number of rotatable bonds is 17. The standard InChI is InChI=1S/C19H35N7O8/c1-9(27)15(23)18(32)26-12(8-14(22)29)17(31)24-10(4-2-3-7-20)16(30)25-11(19(33)34)5-6-13(21)28/h9-12,15,27H,2-8,20,23H2,1H3,(H2,21,28)(H2,22,29)(H,24,31)(H,25,30)(H,26,32)(H,33,34). The van der Waals surface area contributed by atoms with Crippen LogP contribution in [0.1, 0.15) is 45.4 Å². The minimum absolute atomic E-state index is 0.0569. The number of hydrogen-bond acceptors (Lipinski definition) is 9. The van der Waals surface area contributed by atoms with E-state index in [1.54, 1.807) is 0 Å².